The van der Waals surface area contributed by atoms with Gasteiger partial charge >= 0.3 is 0 Å². The van der Waals surface area contributed by atoms with Gasteiger partial charge in [-0.1, -0.05) is 92.2 Å². The highest BCUT2D eigenvalue weighted by molar-refractivity contribution is 5.80. The van der Waals surface area contributed by atoms with Crippen LogP contribution in [0.4, 0.5) is 0 Å². The molecule has 0 radical (unpaired) electrons. The molecule has 0 atom stereocenters. The molecule has 0 saturated heterocycles. The molecule has 3 aromatic carbocycles. The summed E-state index contributed by atoms with van der Waals surface area (Å²) in [5, 5.41) is 19.5. The van der Waals surface area contributed by atoms with E-state index in [0.29, 0.717) is 12.4 Å². The van der Waals surface area contributed by atoms with Gasteiger partial charge in [-0.05, 0) is 40.5 Å². The van der Waals surface area contributed by atoms with Crippen LogP contribution in [-0.2, 0) is 13.0 Å². The minimum atomic E-state index is 0.657. The van der Waals surface area contributed by atoms with Gasteiger partial charge < -0.3 is 0 Å². The number of hydrogen-bond acceptors (Lipinski definition) is 5. The van der Waals surface area contributed by atoms with Crippen LogP contribution in [0.5, 0.6) is 0 Å². The predicted molar refractivity (Wildman–Crippen MR) is 144 cm³/mol. The zero-order valence-corrected chi connectivity index (χ0v) is 21.0. The van der Waals surface area contributed by atoms with Crippen molar-refractivity contribution < 1.29 is 0 Å². The average molecular weight is 489 g/mol. The predicted octanol–water partition coefficient (Wildman–Crippen LogP) is 5.74. The molecule has 8 nitrogen and oxygen atoms in total. The van der Waals surface area contributed by atoms with Gasteiger partial charge in [-0.2, -0.15) is 9.61 Å². The number of H-pyrrole nitrogens is 1. The van der Waals surface area contributed by atoms with Crippen molar-refractivity contribution in [1.29, 1.82) is 0 Å². The molecule has 6 rings (SSSR count). The minimum Gasteiger partial charge on any atom is -0.292 e. The number of aromatic amines is 1. The summed E-state index contributed by atoms with van der Waals surface area (Å²) in [5.41, 5.74) is 7.53. The molecule has 0 spiro atoms. The molecular formula is C29H28N8. The second kappa shape index (κ2) is 9.81. The van der Waals surface area contributed by atoms with Gasteiger partial charge in [0.25, 0.3) is 0 Å². The number of hydrogen-bond donors (Lipinski definition) is 1. The number of unbranched alkanes of at least 4 members (excludes halogenated alkanes) is 1. The summed E-state index contributed by atoms with van der Waals surface area (Å²) in [6.45, 7) is 4.98. The molecule has 1 N–H and O–H groups in total. The summed E-state index contributed by atoms with van der Waals surface area (Å²) in [6.07, 6.45) is 3.13. The maximum Gasteiger partial charge on any atom is 0.233 e. The minimum absolute atomic E-state index is 0.657. The monoisotopic (exact) mass is 488 g/mol. The standard InChI is InChI=1S/C29H28N8/c1-3-4-14-26-33-37-27(23-10-6-5-7-11-23)20(2)30-29(37)36(26)19-21-15-17-22(18-16-21)24-12-8-9-13-25(24)28-31-34-35-32-28/h5-13,15-18H,3-4,14,19H2,1-2H3,(H,31,32,34,35). The van der Waals surface area contributed by atoms with Crippen molar-refractivity contribution in [2.75, 3.05) is 0 Å². The first kappa shape index (κ1) is 22.8. The Morgan fingerprint density at radius 1 is 0.838 bits per heavy atom. The highest BCUT2D eigenvalue weighted by Gasteiger charge is 2.19. The van der Waals surface area contributed by atoms with Gasteiger partial charge in [0.05, 0.1) is 17.9 Å². The molecule has 3 heterocycles. The van der Waals surface area contributed by atoms with E-state index in [4.69, 9.17) is 10.1 Å². The van der Waals surface area contributed by atoms with E-state index in [9.17, 15) is 0 Å². The van der Waals surface area contributed by atoms with Crippen LogP contribution in [0.2, 0.25) is 0 Å². The van der Waals surface area contributed by atoms with Crippen LogP contribution in [0.1, 0.15) is 36.8 Å². The Balaban J connectivity index is 1.36. The fraction of sp³-hybridized carbons (Fsp3) is 0.207. The molecule has 0 aliphatic rings. The van der Waals surface area contributed by atoms with Gasteiger partial charge in [-0.15, -0.1) is 5.10 Å². The van der Waals surface area contributed by atoms with Crippen molar-refractivity contribution in [3.8, 4) is 33.8 Å². The van der Waals surface area contributed by atoms with Gasteiger partial charge in [-0.25, -0.2) is 10.1 Å². The van der Waals surface area contributed by atoms with Gasteiger partial charge in [0, 0.05) is 17.5 Å². The lowest BCUT2D eigenvalue weighted by molar-refractivity contribution is 0.682. The third-order valence-corrected chi connectivity index (χ3v) is 6.71. The summed E-state index contributed by atoms with van der Waals surface area (Å²) in [5.74, 6) is 2.61. The van der Waals surface area contributed by atoms with E-state index >= 15 is 0 Å². The van der Waals surface area contributed by atoms with Crippen molar-refractivity contribution in [2.45, 2.75) is 39.7 Å². The van der Waals surface area contributed by atoms with Crippen LogP contribution in [0.3, 0.4) is 0 Å². The van der Waals surface area contributed by atoms with Gasteiger partial charge in [0.15, 0.2) is 5.82 Å². The molecule has 0 unspecified atom stereocenters. The molecule has 0 aliphatic carbocycles. The first-order valence-electron chi connectivity index (χ1n) is 12.7. The normalized spacial score (nSPS) is 11.4. The summed E-state index contributed by atoms with van der Waals surface area (Å²) in [7, 11) is 0. The highest BCUT2D eigenvalue weighted by Crippen LogP contribution is 2.30. The van der Waals surface area contributed by atoms with Crippen LogP contribution in [-0.4, -0.2) is 39.8 Å². The Morgan fingerprint density at radius 3 is 2.32 bits per heavy atom. The van der Waals surface area contributed by atoms with Gasteiger partial charge in [0.1, 0.15) is 5.82 Å². The van der Waals surface area contributed by atoms with Crippen LogP contribution in [0.25, 0.3) is 39.5 Å². The third kappa shape index (κ3) is 4.31. The number of tetrazole rings is 1. The van der Waals surface area contributed by atoms with Crippen molar-refractivity contribution in [2.24, 2.45) is 0 Å². The Kier molecular flexibility index (Phi) is 6.06. The van der Waals surface area contributed by atoms with Crippen LogP contribution >= 0.6 is 0 Å². The Labute approximate surface area is 215 Å². The Hall–Kier alpha value is -4.59. The van der Waals surface area contributed by atoms with Crippen LogP contribution in [0, 0.1) is 6.92 Å². The molecular weight excluding hydrogens is 460 g/mol. The lowest BCUT2D eigenvalue weighted by Crippen LogP contribution is -2.06. The fourth-order valence-corrected chi connectivity index (χ4v) is 4.85. The van der Waals surface area contributed by atoms with Gasteiger partial charge in [0.2, 0.25) is 5.78 Å². The molecule has 6 aromatic rings. The molecule has 37 heavy (non-hydrogen) atoms. The Bertz CT molecular complexity index is 1630. The topological polar surface area (TPSA) is 89.6 Å². The van der Waals surface area contributed by atoms with E-state index in [0.717, 1.165) is 64.5 Å². The first-order chi connectivity index (χ1) is 18.2. The Morgan fingerprint density at radius 2 is 1.59 bits per heavy atom. The molecule has 0 amide bonds. The number of nitrogens with zero attached hydrogens (tertiary/aromatic N) is 7. The second-order valence-electron chi connectivity index (χ2n) is 9.22. The van der Waals surface area contributed by atoms with E-state index in [1.165, 1.54) is 5.56 Å². The zero-order chi connectivity index (χ0) is 25.2. The largest absolute Gasteiger partial charge is 0.292 e. The fourth-order valence-electron chi connectivity index (χ4n) is 4.85. The highest BCUT2D eigenvalue weighted by atomic mass is 15.5. The van der Waals surface area contributed by atoms with Gasteiger partial charge in [-0.3, -0.25) is 4.57 Å². The first-order valence-corrected chi connectivity index (χ1v) is 12.7. The summed E-state index contributed by atoms with van der Waals surface area (Å²) in [6, 6.07) is 27.2. The third-order valence-electron chi connectivity index (χ3n) is 6.71. The molecule has 0 bridgehead atoms. The van der Waals surface area contributed by atoms with Crippen molar-refractivity contribution in [3.05, 3.63) is 95.9 Å². The van der Waals surface area contributed by atoms with Crippen LogP contribution in [0.15, 0.2) is 78.9 Å². The second-order valence-corrected chi connectivity index (χ2v) is 9.22. The number of aryl methyl sites for hydroxylation is 2. The van der Waals surface area contributed by atoms with Crippen molar-refractivity contribution >= 4 is 5.78 Å². The SMILES string of the molecule is CCCCc1nn2c(-c3ccccc3)c(C)nc2n1Cc1ccc(-c2ccccc2-c2nnn[nH]2)cc1. The van der Waals surface area contributed by atoms with E-state index in [1.54, 1.807) is 0 Å². The quantitative estimate of drug-likeness (QED) is 0.295. The van der Waals surface area contributed by atoms with E-state index in [2.05, 4.69) is 93.6 Å². The lowest BCUT2D eigenvalue weighted by atomic mass is 9.98. The van der Waals surface area contributed by atoms with E-state index < -0.39 is 0 Å². The summed E-state index contributed by atoms with van der Waals surface area (Å²) < 4.78 is 4.28. The van der Waals surface area contributed by atoms with E-state index in [1.807, 2.05) is 28.8 Å². The molecule has 0 aliphatic heterocycles. The average Bonchev–Trinajstić information content (AvgIpc) is 3.66. The maximum absolute atomic E-state index is 5.04. The smallest absolute Gasteiger partial charge is 0.233 e. The number of aromatic nitrogens is 8. The maximum atomic E-state index is 5.04. The lowest BCUT2D eigenvalue weighted by Gasteiger charge is -2.10. The molecule has 3 aromatic heterocycles. The summed E-state index contributed by atoms with van der Waals surface area (Å²) in [4.78, 5) is 4.96. The number of nitrogens with one attached hydrogen (secondary N) is 1. The number of benzene rings is 3. The molecule has 184 valence electrons. The molecule has 0 saturated carbocycles. The molecule has 0 fully saturated rings. The van der Waals surface area contributed by atoms with Crippen LogP contribution < -0.4 is 0 Å². The number of fused-ring (bicyclic) bond motifs is 1. The van der Waals surface area contributed by atoms with E-state index in [-0.39, 0.29) is 0 Å². The summed E-state index contributed by atoms with van der Waals surface area (Å²) >= 11 is 0. The zero-order valence-electron chi connectivity index (χ0n) is 21.0. The number of rotatable bonds is 8. The van der Waals surface area contributed by atoms with Crippen molar-refractivity contribution in [3.63, 3.8) is 0 Å². The molecule has 8 heteroatoms. The number of imidazole rings is 1. The van der Waals surface area contributed by atoms with Crippen molar-refractivity contribution in [1.82, 2.24) is 39.8 Å².